The molecule has 6 atom stereocenters. The molecule has 3 rings (SSSR count). The van der Waals surface area contributed by atoms with E-state index in [1.54, 1.807) is 0 Å². The molecule has 0 amide bonds. The van der Waals surface area contributed by atoms with Crippen molar-refractivity contribution in [3.05, 3.63) is 0 Å². The fraction of sp³-hybridized carbons (Fsp3) is 1.00. The molecule has 3 heterocycles. The maximum atomic E-state index is 10.5. The van der Waals surface area contributed by atoms with Crippen molar-refractivity contribution in [2.24, 2.45) is 0 Å². The first-order chi connectivity index (χ1) is 13.0. The summed E-state index contributed by atoms with van der Waals surface area (Å²) in [6, 6.07) is 0. The Morgan fingerprint density at radius 1 is 0.852 bits per heavy atom. The van der Waals surface area contributed by atoms with Crippen LogP contribution >= 0.6 is 0 Å². The van der Waals surface area contributed by atoms with Crippen LogP contribution < -0.4 is 0 Å². The van der Waals surface area contributed by atoms with Gasteiger partial charge in [-0.05, 0) is 33.1 Å². The first-order valence-electron chi connectivity index (χ1n) is 11.3. The average Bonchev–Trinajstić information content (AvgIpc) is 3.29. The Morgan fingerprint density at radius 2 is 1.56 bits per heavy atom. The molecular weight excluding hydrogens is 344 g/mol. The number of hydrogen-bond acceptors (Lipinski definition) is 5. The first kappa shape index (κ1) is 21.5. The molecule has 0 saturated carbocycles. The summed E-state index contributed by atoms with van der Waals surface area (Å²) >= 11 is 0. The molecule has 0 unspecified atom stereocenters. The molecule has 0 radical (unpaired) electrons. The van der Waals surface area contributed by atoms with Crippen LogP contribution in [0.25, 0.3) is 0 Å². The van der Waals surface area contributed by atoms with Crippen LogP contribution in [0.2, 0.25) is 0 Å². The van der Waals surface area contributed by atoms with Gasteiger partial charge in [-0.2, -0.15) is 0 Å². The van der Waals surface area contributed by atoms with Crippen LogP contribution in [-0.2, 0) is 18.9 Å². The SMILES string of the molecule is CCCCCCCCCC[C@@H](O)[C@H]1CC[C@H]([C@H]2C[C@H]3OC(C)(C)O[C@H]3O2)O1. The highest BCUT2D eigenvalue weighted by atomic mass is 16.8. The van der Waals surface area contributed by atoms with Gasteiger partial charge in [0.1, 0.15) is 6.10 Å². The van der Waals surface area contributed by atoms with Crippen molar-refractivity contribution in [3.8, 4) is 0 Å². The molecule has 0 bridgehead atoms. The summed E-state index contributed by atoms with van der Waals surface area (Å²) in [6.07, 6.45) is 13.3. The van der Waals surface area contributed by atoms with Crippen LogP contribution in [0.1, 0.15) is 97.8 Å². The van der Waals surface area contributed by atoms with Crippen LogP contribution in [-0.4, -0.2) is 47.7 Å². The van der Waals surface area contributed by atoms with Gasteiger partial charge in [-0.15, -0.1) is 0 Å². The van der Waals surface area contributed by atoms with Crippen LogP contribution in [0.3, 0.4) is 0 Å². The zero-order chi connectivity index (χ0) is 19.3. The van der Waals surface area contributed by atoms with Gasteiger partial charge in [0.2, 0.25) is 0 Å². The van der Waals surface area contributed by atoms with Crippen molar-refractivity contribution in [3.63, 3.8) is 0 Å². The van der Waals surface area contributed by atoms with Gasteiger partial charge >= 0.3 is 0 Å². The fourth-order valence-corrected chi connectivity index (χ4v) is 4.69. The summed E-state index contributed by atoms with van der Waals surface area (Å²) in [5, 5.41) is 10.5. The largest absolute Gasteiger partial charge is 0.390 e. The van der Waals surface area contributed by atoms with Crippen molar-refractivity contribution >= 4 is 0 Å². The van der Waals surface area contributed by atoms with E-state index in [1.807, 2.05) is 13.8 Å². The van der Waals surface area contributed by atoms with Gasteiger partial charge in [0.05, 0.1) is 24.4 Å². The normalized spacial score (nSPS) is 36.2. The number of hydrogen-bond donors (Lipinski definition) is 1. The second-order valence-corrected chi connectivity index (χ2v) is 9.07. The summed E-state index contributed by atoms with van der Waals surface area (Å²) < 4.78 is 23.9. The average molecular weight is 385 g/mol. The molecule has 3 aliphatic heterocycles. The third-order valence-corrected chi connectivity index (χ3v) is 6.19. The van der Waals surface area contributed by atoms with E-state index in [1.165, 1.54) is 44.9 Å². The molecule has 0 spiro atoms. The highest BCUT2D eigenvalue weighted by molar-refractivity contribution is 4.92. The van der Waals surface area contributed by atoms with Crippen molar-refractivity contribution in [2.75, 3.05) is 0 Å². The van der Waals surface area contributed by atoms with E-state index in [4.69, 9.17) is 18.9 Å². The van der Waals surface area contributed by atoms with E-state index in [9.17, 15) is 5.11 Å². The Hall–Kier alpha value is -0.200. The van der Waals surface area contributed by atoms with E-state index >= 15 is 0 Å². The van der Waals surface area contributed by atoms with Gasteiger partial charge in [-0.3, -0.25) is 0 Å². The van der Waals surface area contributed by atoms with E-state index in [2.05, 4.69) is 6.92 Å². The van der Waals surface area contributed by atoms with Crippen LogP contribution in [0, 0.1) is 0 Å². The molecule has 1 N–H and O–H groups in total. The van der Waals surface area contributed by atoms with Crippen LogP contribution in [0.15, 0.2) is 0 Å². The molecule has 0 aromatic rings. The maximum Gasteiger partial charge on any atom is 0.187 e. The Kier molecular flexibility index (Phi) is 7.98. The highest BCUT2D eigenvalue weighted by Gasteiger charge is 2.51. The summed E-state index contributed by atoms with van der Waals surface area (Å²) in [6.45, 7) is 6.10. The number of unbranched alkanes of at least 4 members (excludes halogenated alkanes) is 7. The molecule has 5 nitrogen and oxygen atoms in total. The second-order valence-electron chi connectivity index (χ2n) is 9.07. The molecule has 5 heteroatoms. The minimum atomic E-state index is -0.550. The smallest absolute Gasteiger partial charge is 0.187 e. The zero-order valence-electron chi connectivity index (χ0n) is 17.5. The molecule has 0 aromatic heterocycles. The first-order valence-corrected chi connectivity index (χ1v) is 11.3. The van der Waals surface area contributed by atoms with E-state index < -0.39 is 5.79 Å². The highest BCUT2D eigenvalue weighted by Crippen LogP contribution is 2.40. The Morgan fingerprint density at radius 3 is 2.26 bits per heavy atom. The van der Waals surface area contributed by atoms with Gasteiger partial charge < -0.3 is 24.1 Å². The molecule has 0 aliphatic carbocycles. The fourth-order valence-electron chi connectivity index (χ4n) is 4.69. The minimum absolute atomic E-state index is 0.00917. The van der Waals surface area contributed by atoms with Gasteiger partial charge in [0, 0.05) is 6.42 Å². The molecule has 3 aliphatic rings. The zero-order valence-corrected chi connectivity index (χ0v) is 17.5. The summed E-state index contributed by atoms with van der Waals surface area (Å²) in [4.78, 5) is 0. The summed E-state index contributed by atoms with van der Waals surface area (Å²) in [7, 11) is 0. The third kappa shape index (κ3) is 6.14. The van der Waals surface area contributed by atoms with Gasteiger partial charge in [-0.25, -0.2) is 0 Å². The van der Waals surface area contributed by atoms with Crippen molar-refractivity contribution in [1.82, 2.24) is 0 Å². The molecule has 3 saturated heterocycles. The van der Waals surface area contributed by atoms with Crippen LogP contribution in [0.5, 0.6) is 0 Å². The molecule has 27 heavy (non-hydrogen) atoms. The molecule has 0 aromatic carbocycles. The predicted octanol–water partition coefficient (Wildman–Crippen LogP) is 4.69. The number of ether oxygens (including phenoxy) is 4. The van der Waals surface area contributed by atoms with Gasteiger partial charge in [0.25, 0.3) is 0 Å². The van der Waals surface area contributed by atoms with Gasteiger partial charge in [0.15, 0.2) is 12.1 Å². The molecule has 158 valence electrons. The van der Waals surface area contributed by atoms with E-state index in [-0.39, 0.29) is 36.8 Å². The van der Waals surface area contributed by atoms with Crippen molar-refractivity contribution < 1.29 is 24.1 Å². The summed E-state index contributed by atoms with van der Waals surface area (Å²) in [5.41, 5.74) is 0. The number of rotatable bonds is 11. The monoisotopic (exact) mass is 384 g/mol. The number of fused-ring (bicyclic) bond motifs is 1. The van der Waals surface area contributed by atoms with Crippen LogP contribution in [0.4, 0.5) is 0 Å². The van der Waals surface area contributed by atoms with Crippen molar-refractivity contribution in [1.29, 1.82) is 0 Å². The Labute approximate surface area is 165 Å². The standard InChI is InChI=1S/C22H40O5/c1-4-5-6-7-8-9-10-11-12-16(23)17-13-14-18(24-17)19-15-20-21(25-19)27-22(2,3)26-20/h16-21,23H,4-15H2,1-3H3/t16-,17-,18-,19-,20-,21-/m1/s1. The number of aliphatic hydroxyl groups excluding tert-OH is 1. The number of aliphatic hydroxyl groups is 1. The third-order valence-electron chi connectivity index (χ3n) is 6.19. The topological polar surface area (TPSA) is 57.2 Å². The van der Waals surface area contributed by atoms with Gasteiger partial charge in [-0.1, -0.05) is 58.3 Å². The quantitative estimate of drug-likeness (QED) is 0.524. The summed E-state index contributed by atoms with van der Waals surface area (Å²) in [5.74, 6) is -0.550. The predicted molar refractivity (Wildman–Crippen MR) is 104 cm³/mol. The Bertz CT molecular complexity index is 424. The minimum Gasteiger partial charge on any atom is -0.390 e. The Balaban J connectivity index is 1.27. The molecule has 3 fully saturated rings. The lowest BCUT2D eigenvalue weighted by molar-refractivity contribution is -0.217. The lowest BCUT2D eigenvalue weighted by atomic mass is 10.0. The maximum absolute atomic E-state index is 10.5. The van der Waals surface area contributed by atoms with E-state index in [0.29, 0.717) is 0 Å². The molecular formula is C22H40O5. The lowest BCUT2D eigenvalue weighted by Crippen LogP contribution is -2.33. The lowest BCUT2D eigenvalue weighted by Gasteiger charge is -2.24. The second kappa shape index (κ2) is 10.0. The van der Waals surface area contributed by atoms with Crippen molar-refractivity contribution in [2.45, 2.75) is 140 Å². The van der Waals surface area contributed by atoms with E-state index in [0.717, 1.165) is 32.1 Å².